The van der Waals surface area contributed by atoms with Gasteiger partial charge in [0, 0.05) is 6.54 Å². The van der Waals surface area contributed by atoms with Gasteiger partial charge in [-0.05, 0) is 50.8 Å². The number of rotatable bonds is 5. The number of carbonyl (C=O) groups excluding carboxylic acids is 1. The van der Waals surface area contributed by atoms with E-state index < -0.39 is 6.10 Å². The van der Waals surface area contributed by atoms with Crippen LogP contribution in [-0.2, 0) is 0 Å². The molecule has 19 heavy (non-hydrogen) atoms. The smallest absolute Gasteiger partial charge is 0.315 e. The van der Waals surface area contributed by atoms with Gasteiger partial charge in [0.25, 0.3) is 0 Å². The average Bonchev–Trinajstić information content (AvgIpc) is 2.31. The SMILES string of the molecule is Cc1cccc(C(C)NC(=O)NCCC(C)O)c1C. The van der Waals surface area contributed by atoms with Crippen molar-refractivity contribution in [1.82, 2.24) is 10.6 Å². The lowest BCUT2D eigenvalue weighted by Crippen LogP contribution is -2.38. The summed E-state index contributed by atoms with van der Waals surface area (Å²) in [6.07, 6.45) is 0.169. The normalized spacial score (nSPS) is 13.7. The average molecular weight is 264 g/mol. The molecule has 3 N–H and O–H groups in total. The molecule has 2 atom stereocenters. The second-order valence-electron chi connectivity index (χ2n) is 5.05. The molecule has 1 rings (SSSR count). The summed E-state index contributed by atoms with van der Waals surface area (Å²) in [5.41, 5.74) is 3.56. The number of benzene rings is 1. The van der Waals surface area contributed by atoms with E-state index >= 15 is 0 Å². The topological polar surface area (TPSA) is 61.4 Å². The number of aliphatic hydroxyl groups is 1. The van der Waals surface area contributed by atoms with Gasteiger partial charge >= 0.3 is 6.03 Å². The molecule has 0 saturated heterocycles. The Balaban J connectivity index is 2.52. The fourth-order valence-electron chi connectivity index (χ4n) is 1.96. The zero-order chi connectivity index (χ0) is 14.4. The van der Waals surface area contributed by atoms with Crippen LogP contribution in [0.1, 0.15) is 43.0 Å². The molecule has 0 saturated carbocycles. The molecule has 0 fully saturated rings. The van der Waals surface area contributed by atoms with Crippen molar-refractivity contribution in [2.24, 2.45) is 0 Å². The number of urea groups is 1. The zero-order valence-corrected chi connectivity index (χ0v) is 12.2. The van der Waals surface area contributed by atoms with Gasteiger partial charge < -0.3 is 15.7 Å². The van der Waals surface area contributed by atoms with Gasteiger partial charge in [0.05, 0.1) is 12.1 Å². The number of hydrogen-bond acceptors (Lipinski definition) is 2. The van der Waals surface area contributed by atoms with Crippen LogP contribution in [0.25, 0.3) is 0 Å². The standard InChI is InChI=1S/C15H24N2O2/c1-10-6-5-7-14(12(10)3)13(4)17-15(19)16-9-8-11(2)18/h5-7,11,13,18H,8-9H2,1-4H3,(H2,16,17,19). The fourth-order valence-corrected chi connectivity index (χ4v) is 1.96. The number of hydrogen-bond donors (Lipinski definition) is 3. The Bertz CT molecular complexity index is 430. The van der Waals surface area contributed by atoms with Gasteiger partial charge in [-0.2, -0.15) is 0 Å². The van der Waals surface area contributed by atoms with Crippen molar-refractivity contribution in [3.8, 4) is 0 Å². The van der Waals surface area contributed by atoms with Crippen molar-refractivity contribution < 1.29 is 9.90 Å². The first-order chi connectivity index (χ1) is 8.91. The molecular formula is C15H24N2O2. The van der Waals surface area contributed by atoms with Crippen LogP contribution in [0.5, 0.6) is 0 Å². The second-order valence-corrected chi connectivity index (χ2v) is 5.05. The summed E-state index contributed by atoms with van der Waals surface area (Å²) in [5, 5.41) is 14.8. The van der Waals surface area contributed by atoms with E-state index in [1.54, 1.807) is 6.92 Å². The first-order valence-corrected chi connectivity index (χ1v) is 6.70. The van der Waals surface area contributed by atoms with Crippen LogP contribution < -0.4 is 10.6 Å². The minimum atomic E-state index is -0.392. The predicted molar refractivity (Wildman–Crippen MR) is 77.2 cm³/mol. The molecule has 0 aliphatic carbocycles. The van der Waals surface area contributed by atoms with Crippen LogP contribution in [0.2, 0.25) is 0 Å². The number of aliphatic hydroxyl groups excluding tert-OH is 1. The summed E-state index contributed by atoms with van der Waals surface area (Å²) in [7, 11) is 0. The molecule has 0 heterocycles. The number of amides is 2. The van der Waals surface area contributed by atoms with Crippen LogP contribution in [0.3, 0.4) is 0 Å². The summed E-state index contributed by atoms with van der Waals surface area (Å²) >= 11 is 0. The fraction of sp³-hybridized carbons (Fsp3) is 0.533. The minimum Gasteiger partial charge on any atom is -0.393 e. The molecular weight excluding hydrogens is 240 g/mol. The Morgan fingerprint density at radius 2 is 2.00 bits per heavy atom. The Kier molecular flexibility index (Phi) is 5.83. The maximum absolute atomic E-state index is 11.7. The van der Waals surface area contributed by atoms with Gasteiger partial charge in [-0.25, -0.2) is 4.79 Å². The number of nitrogens with one attached hydrogen (secondary N) is 2. The van der Waals surface area contributed by atoms with Gasteiger partial charge in [-0.15, -0.1) is 0 Å². The number of carbonyl (C=O) groups is 1. The van der Waals surface area contributed by atoms with Crippen LogP contribution in [-0.4, -0.2) is 23.8 Å². The molecule has 0 spiro atoms. The molecule has 0 aromatic heterocycles. The Morgan fingerprint density at radius 3 is 2.63 bits per heavy atom. The molecule has 2 unspecified atom stereocenters. The number of aryl methyl sites for hydroxylation is 1. The molecule has 2 amide bonds. The highest BCUT2D eigenvalue weighted by atomic mass is 16.3. The molecule has 0 aliphatic heterocycles. The van der Waals surface area contributed by atoms with Crippen molar-refractivity contribution in [2.45, 2.75) is 46.3 Å². The van der Waals surface area contributed by atoms with Crippen molar-refractivity contribution in [3.63, 3.8) is 0 Å². The van der Waals surface area contributed by atoms with E-state index in [4.69, 9.17) is 5.11 Å². The summed E-state index contributed by atoms with van der Waals surface area (Å²) < 4.78 is 0. The largest absolute Gasteiger partial charge is 0.393 e. The molecule has 1 aromatic carbocycles. The monoisotopic (exact) mass is 264 g/mol. The van der Waals surface area contributed by atoms with Gasteiger partial charge in [0.1, 0.15) is 0 Å². The van der Waals surface area contributed by atoms with E-state index in [0.29, 0.717) is 13.0 Å². The second kappa shape index (κ2) is 7.14. The van der Waals surface area contributed by atoms with Crippen molar-refractivity contribution in [2.75, 3.05) is 6.54 Å². The molecule has 4 heteroatoms. The van der Waals surface area contributed by atoms with Crippen molar-refractivity contribution >= 4 is 6.03 Å². The summed E-state index contributed by atoms with van der Waals surface area (Å²) in [6, 6.07) is 5.86. The van der Waals surface area contributed by atoms with E-state index in [-0.39, 0.29) is 12.1 Å². The predicted octanol–water partition coefficient (Wildman–Crippen LogP) is 2.43. The van der Waals surface area contributed by atoms with E-state index in [9.17, 15) is 4.79 Å². The third-order valence-corrected chi connectivity index (χ3v) is 3.31. The maximum atomic E-state index is 11.7. The molecule has 4 nitrogen and oxygen atoms in total. The van der Waals surface area contributed by atoms with E-state index in [2.05, 4.69) is 30.5 Å². The minimum absolute atomic E-state index is 0.0357. The van der Waals surface area contributed by atoms with E-state index in [1.165, 1.54) is 11.1 Å². The lowest BCUT2D eigenvalue weighted by Gasteiger charge is -2.18. The maximum Gasteiger partial charge on any atom is 0.315 e. The van der Waals surface area contributed by atoms with Gasteiger partial charge in [0.15, 0.2) is 0 Å². The first-order valence-electron chi connectivity index (χ1n) is 6.70. The quantitative estimate of drug-likeness (QED) is 0.765. The summed E-state index contributed by atoms with van der Waals surface area (Å²) in [6.45, 7) is 8.28. The van der Waals surface area contributed by atoms with Crippen LogP contribution in [0.15, 0.2) is 18.2 Å². The molecule has 106 valence electrons. The van der Waals surface area contributed by atoms with Crippen LogP contribution in [0, 0.1) is 13.8 Å². The third-order valence-electron chi connectivity index (χ3n) is 3.31. The summed E-state index contributed by atoms with van der Waals surface area (Å²) in [5.74, 6) is 0. The Morgan fingerprint density at radius 1 is 1.32 bits per heavy atom. The van der Waals surface area contributed by atoms with Crippen LogP contribution >= 0.6 is 0 Å². The van der Waals surface area contributed by atoms with E-state index in [0.717, 1.165) is 5.56 Å². The van der Waals surface area contributed by atoms with Gasteiger partial charge in [-0.1, -0.05) is 18.2 Å². The van der Waals surface area contributed by atoms with E-state index in [1.807, 2.05) is 19.1 Å². The molecule has 1 aromatic rings. The zero-order valence-electron chi connectivity index (χ0n) is 12.2. The third kappa shape index (κ3) is 4.91. The highest BCUT2D eigenvalue weighted by molar-refractivity contribution is 5.74. The van der Waals surface area contributed by atoms with Crippen molar-refractivity contribution in [3.05, 3.63) is 34.9 Å². The van der Waals surface area contributed by atoms with Crippen molar-refractivity contribution in [1.29, 1.82) is 0 Å². The lowest BCUT2D eigenvalue weighted by atomic mass is 9.98. The van der Waals surface area contributed by atoms with Gasteiger partial charge in [0.2, 0.25) is 0 Å². The highest BCUT2D eigenvalue weighted by Gasteiger charge is 2.12. The van der Waals surface area contributed by atoms with Gasteiger partial charge in [-0.3, -0.25) is 0 Å². The molecule has 0 radical (unpaired) electrons. The first kappa shape index (κ1) is 15.5. The summed E-state index contributed by atoms with van der Waals surface area (Å²) in [4.78, 5) is 11.7. The highest BCUT2D eigenvalue weighted by Crippen LogP contribution is 2.19. The van der Waals surface area contributed by atoms with Crippen LogP contribution in [0.4, 0.5) is 4.79 Å². The lowest BCUT2D eigenvalue weighted by molar-refractivity contribution is 0.183. The molecule has 0 aliphatic rings. The Labute approximate surface area is 115 Å². The Hall–Kier alpha value is -1.55. The molecule has 0 bridgehead atoms.